The summed E-state index contributed by atoms with van der Waals surface area (Å²) in [7, 11) is 1.64. The van der Waals surface area contributed by atoms with Crippen molar-refractivity contribution in [2.45, 2.75) is 26.3 Å². The highest BCUT2D eigenvalue weighted by Gasteiger charge is 2.36. The van der Waals surface area contributed by atoms with Crippen LogP contribution in [-0.4, -0.2) is 37.0 Å². The highest BCUT2D eigenvalue weighted by molar-refractivity contribution is 6.00. The van der Waals surface area contributed by atoms with Crippen LogP contribution in [0.15, 0.2) is 48.5 Å². The van der Waals surface area contributed by atoms with Crippen molar-refractivity contribution < 1.29 is 9.53 Å². The molecule has 1 amide bonds. The van der Waals surface area contributed by atoms with Crippen molar-refractivity contribution >= 4 is 17.3 Å². The molecule has 0 aliphatic carbocycles. The number of methoxy groups -OCH3 is 1. The molecule has 2 aromatic rings. The Morgan fingerprint density at radius 1 is 1.23 bits per heavy atom. The Balaban J connectivity index is 1.83. The standard InChI is InChI=1S/C21H27N3O2/c1-21(2)14-24(12-11-19(21)22)20(25)17-9-4-5-10-18(17)23-15-7-6-8-16(13-15)26-3/h4-10,13,19,23H,11-12,14,22H2,1-3H3. The maximum absolute atomic E-state index is 13.1. The predicted molar refractivity (Wildman–Crippen MR) is 105 cm³/mol. The number of nitrogens with zero attached hydrogens (tertiary/aromatic N) is 1. The van der Waals surface area contributed by atoms with Gasteiger partial charge < -0.3 is 20.7 Å². The summed E-state index contributed by atoms with van der Waals surface area (Å²) >= 11 is 0. The molecule has 1 atom stereocenters. The normalized spacial score (nSPS) is 19.1. The highest BCUT2D eigenvalue weighted by Crippen LogP contribution is 2.30. The number of hydrogen-bond acceptors (Lipinski definition) is 4. The van der Waals surface area contributed by atoms with Crippen LogP contribution in [-0.2, 0) is 0 Å². The van der Waals surface area contributed by atoms with Crippen molar-refractivity contribution in [3.05, 3.63) is 54.1 Å². The Labute approximate surface area is 155 Å². The number of nitrogens with one attached hydrogen (secondary N) is 1. The van der Waals surface area contributed by atoms with Gasteiger partial charge in [0.05, 0.1) is 18.4 Å². The number of anilines is 2. The topological polar surface area (TPSA) is 67.6 Å². The average molecular weight is 353 g/mol. The van der Waals surface area contributed by atoms with E-state index in [0.717, 1.165) is 23.5 Å². The maximum Gasteiger partial charge on any atom is 0.255 e. The summed E-state index contributed by atoms with van der Waals surface area (Å²) in [6.45, 7) is 5.60. The molecule has 138 valence electrons. The summed E-state index contributed by atoms with van der Waals surface area (Å²) in [6.07, 6.45) is 0.824. The quantitative estimate of drug-likeness (QED) is 0.881. The lowest BCUT2D eigenvalue weighted by Gasteiger charge is -2.42. The first kappa shape index (κ1) is 18.3. The second kappa shape index (κ2) is 7.38. The summed E-state index contributed by atoms with van der Waals surface area (Å²) in [5.41, 5.74) is 8.47. The molecule has 1 saturated heterocycles. The Morgan fingerprint density at radius 3 is 2.73 bits per heavy atom. The van der Waals surface area contributed by atoms with Crippen LogP contribution in [0.25, 0.3) is 0 Å². The zero-order valence-corrected chi connectivity index (χ0v) is 15.7. The summed E-state index contributed by atoms with van der Waals surface area (Å²) in [6, 6.07) is 15.4. The van der Waals surface area contributed by atoms with Crippen molar-refractivity contribution in [3.63, 3.8) is 0 Å². The molecule has 5 nitrogen and oxygen atoms in total. The molecule has 1 aliphatic heterocycles. The average Bonchev–Trinajstić information content (AvgIpc) is 2.64. The summed E-state index contributed by atoms with van der Waals surface area (Å²) in [4.78, 5) is 15.1. The van der Waals surface area contributed by atoms with E-state index >= 15 is 0 Å². The van der Waals surface area contributed by atoms with Gasteiger partial charge in [0.2, 0.25) is 0 Å². The maximum atomic E-state index is 13.1. The number of likely N-dealkylation sites (tertiary alicyclic amines) is 1. The molecule has 0 aromatic heterocycles. The fourth-order valence-electron chi connectivity index (χ4n) is 3.35. The number of carbonyl (C=O) groups excluding carboxylic acids is 1. The Hall–Kier alpha value is -2.53. The van der Waals surface area contributed by atoms with E-state index in [4.69, 9.17) is 10.5 Å². The van der Waals surface area contributed by atoms with Gasteiger partial charge in [-0.25, -0.2) is 0 Å². The smallest absolute Gasteiger partial charge is 0.255 e. The molecule has 1 aliphatic rings. The molecular formula is C21H27N3O2. The van der Waals surface area contributed by atoms with Gasteiger partial charge in [-0.1, -0.05) is 32.0 Å². The molecule has 0 radical (unpaired) electrons. The molecule has 3 rings (SSSR count). The molecule has 2 aromatic carbocycles. The molecule has 1 heterocycles. The van der Waals surface area contributed by atoms with E-state index in [-0.39, 0.29) is 17.4 Å². The Kier molecular flexibility index (Phi) is 5.18. The lowest BCUT2D eigenvalue weighted by Crippen LogP contribution is -2.54. The zero-order chi connectivity index (χ0) is 18.7. The predicted octanol–water partition coefficient (Wildman–Crippen LogP) is 3.64. The van der Waals surface area contributed by atoms with Crippen LogP contribution in [0.5, 0.6) is 5.75 Å². The second-order valence-corrected chi connectivity index (χ2v) is 7.51. The molecule has 0 saturated carbocycles. The minimum Gasteiger partial charge on any atom is -0.497 e. The van der Waals surface area contributed by atoms with E-state index < -0.39 is 0 Å². The number of nitrogens with two attached hydrogens (primary N) is 1. The van der Waals surface area contributed by atoms with E-state index in [2.05, 4.69) is 19.2 Å². The van der Waals surface area contributed by atoms with Gasteiger partial charge in [0.15, 0.2) is 0 Å². The number of carbonyl (C=O) groups is 1. The fraction of sp³-hybridized carbons (Fsp3) is 0.381. The first-order valence-electron chi connectivity index (χ1n) is 8.96. The minimum atomic E-state index is -0.0803. The Bertz CT molecular complexity index is 788. The van der Waals surface area contributed by atoms with Crippen molar-refractivity contribution in [2.24, 2.45) is 11.1 Å². The molecule has 1 unspecified atom stereocenters. The zero-order valence-electron chi connectivity index (χ0n) is 15.7. The van der Waals surface area contributed by atoms with E-state index in [1.54, 1.807) is 7.11 Å². The summed E-state index contributed by atoms with van der Waals surface area (Å²) in [5.74, 6) is 0.807. The summed E-state index contributed by atoms with van der Waals surface area (Å²) in [5, 5.41) is 3.34. The van der Waals surface area contributed by atoms with E-state index in [0.29, 0.717) is 18.7 Å². The van der Waals surface area contributed by atoms with Gasteiger partial charge in [0, 0.05) is 30.9 Å². The van der Waals surface area contributed by atoms with Crippen LogP contribution in [0.1, 0.15) is 30.6 Å². The van der Waals surface area contributed by atoms with Crippen molar-refractivity contribution in [1.82, 2.24) is 4.90 Å². The third kappa shape index (κ3) is 3.83. The largest absolute Gasteiger partial charge is 0.497 e. The summed E-state index contributed by atoms with van der Waals surface area (Å²) < 4.78 is 5.27. The molecule has 0 spiro atoms. The van der Waals surface area contributed by atoms with E-state index in [9.17, 15) is 4.79 Å². The third-order valence-corrected chi connectivity index (χ3v) is 5.11. The SMILES string of the molecule is COc1cccc(Nc2ccccc2C(=O)N2CCC(N)C(C)(C)C2)c1. The molecule has 5 heteroatoms. The molecule has 0 bridgehead atoms. The van der Waals surface area contributed by atoms with Crippen molar-refractivity contribution in [2.75, 3.05) is 25.5 Å². The van der Waals surface area contributed by atoms with Gasteiger partial charge in [-0.3, -0.25) is 4.79 Å². The van der Waals surface area contributed by atoms with Crippen LogP contribution in [0, 0.1) is 5.41 Å². The number of hydrogen-bond donors (Lipinski definition) is 2. The lowest BCUT2D eigenvalue weighted by atomic mass is 9.79. The third-order valence-electron chi connectivity index (χ3n) is 5.11. The van der Waals surface area contributed by atoms with Crippen LogP contribution in [0.4, 0.5) is 11.4 Å². The van der Waals surface area contributed by atoms with Crippen LogP contribution in [0.3, 0.4) is 0 Å². The monoisotopic (exact) mass is 353 g/mol. The molecule has 26 heavy (non-hydrogen) atoms. The number of benzene rings is 2. The van der Waals surface area contributed by atoms with Crippen LogP contribution >= 0.6 is 0 Å². The van der Waals surface area contributed by atoms with Gasteiger partial charge in [-0.2, -0.15) is 0 Å². The number of piperidine rings is 1. The van der Waals surface area contributed by atoms with E-state index in [1.165, 1.54) is 0 Å². The first-order chi connectivity index (χ1) is 12.4. The highest BCUT2D eigenvalue weighted by atomic mass is 16.5. The number of para-hydroxylation sites is 1. The number of amides is 1. The van der Waals surface area contributed by atoms with E-state index in [1.807, 2.05) is 53.4 Å². The fourth-order valence-corrected chi connectivity index (χ4v) is 3.35. The molecule has 3 N–H and O–H groups in total. The minimum absolute atomic E-state index is 0.0379. The van der Waals surface area contributed by atoms with Crippen LogP contribution < -0.4 is 15.8 Å². The van der Waals surface area contributed by atoms with Gasteiger partial charge in [-0.05, 0) is 36.1 Å². The van der Waals surface area contributed by atoms with Crippen LogP contribution in [0.2, 0.25) is 0 Å². The van der Waals surface area contributed by atoms with Crippen molar-refractivity contribution in [3.8, 4) is 5.75 Å². The lowest BCUT2D eigenvalue weighted by molar-refractivity contribution is 0.0534. The number of rotatable bonds is 4. The number of ether oxygens (including phenoxy) is 1. The van der Waals surface area contributed by atoms with Gasteiger partial charge in [0.25, 0.3) is 5.91 Å². The molecule has 1 fully saturated rings. The van der Waals surface area contributed by atoms with Crippen molar-refractivity contribution in [1.29, 1.82) is 0 Å². The molecular weight excluding hydrogens is 326 g/mol. The van der Waals surface area contributed by atoms with Gasteiger partial charge >= 0.3 is 0 Å². The Morgan fingerprint density at radius 2 is 2.00 bits per heavy atom. The first-order valence-corrected chi connectivity index (χ1v) is 8.96. The van der Waals surface area contributed by atoms with Gasteiger partial charge in [-0.15, -0.1) is 0 Å². The van der Waals surface area contributed by atoms with Gasteiger partial charge in [0.1, 0.15) is 5.75 Å². The second-order valence-electron chi connectivity index (χ2n) is 7.51.